The highest BCUT2D eigenvalue weighted by atomic mass is 32.2. The van der Waals surface area contributed by atoms with E-state index in [1.165, 1.54) is 34.9 Å². The Morgan fingerprint density at radius 2 is 1.54 bits per heavy atom. The Balaban J connectivity index is 1.17. The number of Topliss-reactive ketones (excluding diaryl/α,β-unsaturated/α-hetero) is 1. The third-order valence-electron chi connectivity index (χ3n) is 10.1. The van der Waals surface area contributed by atoms with E-state index in [0.717, 1.165) is 60.1 Å². The van der Waals surface area contributed by atoms with E-state index in [-0.39, 0.29) is 47.7 Å². The number of fused-ring (bicyclic) bond motifs is 1. The number of nitrogens with zero attached hydrogens (tertiary/aromatic N) is 1. The van der Waals surface area contributed by atoms with Gasteiger partial charge < -0.3 is 14.8 Å². The first kappa shape index (κ1) is 39.1. The quantitative estimate of drug-likeness (QED) is 0.0922. The second kappa shape index (κ2) is 16.8. The summed E-state index contributed by atoms with van der Waals surface area (Å²) in [6, 6.07) is 21.0. The lowest BCUT2D eigenvalue weighted by molar-refractivity contribution is -0.149. The number of carbonyl (C=O) groups is 4. The summed E-state index contributed by atoms with van der Waals surface area (Å²) < 4.78 is 39.3. The Kier molecular flexibility index (Phi) is 12.1. The molecule has 0 bridgehead atoms. The highest BCUT2D eigenvalue weighted by Gasteiger charge is 2.60. The molecule has 0 atom stereocenters. The summed E-state index contributed by atoms with van der Waals surface area (Å²) in [7, 11) is -2.77. The molecule has 6 rings (SSSR count). The molecule has 0 aliphatic heterocycles. The van der Waals surface area contributed by atoms with Gasteiger partial charge in [-0.15, -0.1) is 11.3 Å². The number of anilines is 1. The van der Waals surface area contributed by atoms with Gasteiger partial charge in [0.05, 0.1) is 29.7 Å². The Hall–Kier alpha value is -4.65. The van der Waals surface area contributed by atoms with Crippen molar-refractivity contribution < 1.29 is 37.1 Å². The Morgan fingerprint density at radius 1 is 0.870 bits per heavy atom. The van der Waals surface area contributed by atoms with E-state index in [9.17, 15) is 27.6 Å². The number of benzene rings is 3. The van der Waals surface area contributed by atoms with Gasteiger partial charge in [0.25, 0.3) is 5.91 Å². The van der Waals surface area contributed by atoms with Gasteiger partial charge in [-0.3, -0.25) is 14.4 Å². The number of esters is 2. The van der Waals surface area contributed by atoms with Crippen LogP contribution >= 0.6 is 11.3 Å². The molecule has 12 heteroatoms. The molecule has 1 heterocycles. The first-order valence-corrected chi connectivity index (χ1v) is 20.8. The third-order valence-corrected chi connectivity index (χ3v) is 13.4. The number of amides is 1. The number of hydrogen-bond donors (Lipinski definition) is 1. The molecule has 1 amide bonds. The second-order valence-electron chi connectivity index (χ2n) is 13.8. The summed E-state index contributed by atoms with van der Waals surface area (Å²) in [5, 5.41) is 3.05. The Bertz CT molecular complexity index is 2140. The first-order chi connectivity index (χ1) is 26.0. The number of sulfonamides is 1. The monoisotopic (exact) mass is 770 g/mol. The van der Waals surface area contributed by atoms with Crippen LogP contribution < -0.4 is 5.32 Å². The van der Waals surface area contributed by atoms with Gasteiger partial charge in [0, 0.05) is 34.0 Å². The number of thiophene rings is 1. The molecule has 0 radical (unpaired) electrons. The minimum Gasteiger partial charge on any atom is -0.465 e. The molecule has 2 aliphatic rings. The van der Waals surface area contributed by atoms with E-state index in [0.29, 0.717) is 41.0 Å². The lowest BCUT2D eigenvalue weighted by Crippen LogP contribution is -2.48. The molecule has 4 aromatic rings. The standard InChI is InChI=1S/C42H46N2O8S2/c1-4-25-44(42(23-24-42)41(48)52-5-2)54(49,50)33-10-8-9-31(26-33)35(45)27-37-38(34-11-6-7-12-36(34)53-37)39(46)43-32-21-17-29(18-22-32)14-13-28-15-19-30(20-16-28)40(47)51-3/h8-10,15-22,26H,4-7,11-14,23-25,27H2,1-3H3,(H,43,46). The molecule has 1 N–H and O–H groups in total. The fraction of sp³-hybridized carbons (Fsp3) is 0.381. The Labute approximate surface area is 320 Å². The lowest BCUT2D eigenvalue weighted by Gasteiger charge is -2.29. The maximum atomic E-state index is 14.0. The summed E-state index contributed by atoms with van der Waals surface area (Å²) in [5.41, 5.74) is 3.87. The number of methoxy groups -OCH3 is 1. The molecule has 10 nitrogen and oxygen atoms in total. The molecule has 284 valence electrons. The number of carbonyl (C=O) groups excluding carboxylic acids is 4. The van der Waals surface area contributed by atoms with Gasteiger partial charge in [-0.1, -0.05) is 43.3 Å². The van der Waals surface area contributed by atoms with Crippen molar-refractivity contribution >= 4 is 50.7 Å². The fourth-order valence-corrected chi connectivity index (χ4v) is 10.4. The van der Waals surface area contributed by atoms with Crippen LogP contribution in [0.25, 0.3) is 0 Å². The summed E-state index contributed by atoms with van der Waals surface area (Å²) >= 11 is 1.49. The van der Waals surface area contributed by atoms with Crippen molar-refractivity contribution in [3.63, 3.8) is 0 Å². The lowest BCUT2D eigenvalue weighted by atomic mass is 9.93. The molecule has 0 unspecified atom stereocenters. The normalized spacial score (nSPS) is 14.6. The van der Waals surface area contributed by atoms with Gasteiger partial charge in [0.2, 0.25) is 10.0 Å². The van der Waals surface area contributed by atoms with Crippen LogP contribution in [0.5, 0.6) is 0 Å². The van der Waals surface area contributed by atoms with Crippen molar-refractivity contribution in [3.05, 3.63) is 116 Å². The highest BCUT2D eigenvalue weighted by Crippen LogP contribution is 2.46. The van der Waals surface area contributed by atoms with Crippen molar-refractivity contribution in [2.75, 3.05) is 25.6 Å². The molecule has 1 saturated carbocycles. The van der Waals surface area contributed by atoms with E-state index in [1.807, 2.05) is 43.3 Å². The second-order valence-corrected chi connectivity index (χ2v) is 16.9. The zero-order valence-electron chi connectivity index (χ0n) is 30.9. The average Bonchev–Trinajstić information content (AvgIpc) is 3.91. The molecular weight excluding hydrogens is 725 g/mol. The van der Waals surface area contributed by atoms with Crippen molar-refractivity contribution in [1.29, 1.82) is 0 Å². The number of hydrogen-bond acceptors (Lipinski definition) is 9. The number of ketones is 1. The van der Waals surface area contributed by atoms with Crippen molar-refractivity contribution in [2.24, 2.45) is 0 Å². The van der Waals surface area contributed by atoms with Crippen molar-refractivity contribution in [2.45, 2.75) is 88.5 Å². The van der Waals surface area contributed by atoms with E-state index in [2.05, 4.69) is 5.32 Å². The summed E-state index contributed by atoms with van der Waals surface area (Å²) in [4.78, 5) is 54.1. The van der Waals surface area contributed by atoms with Crippen LogP contribution in [0.2, 0.25) is 0 Å². The molecule has 1 aromatic heterocycles. The van der Waals surface area contributed by atoms with E-state index >= 15 is 0 Å². The SMILES string of the molecule is CCCN(C1(C(=O)OCC)CC1)S(=O)(=O)c1cccc(C(=O)Cc2sc3c(c2C(=O)Nc2ccc(CCc4ccc(C(=O)OC)cc4)cc2)CCCC3)c1. The number of rotatable bonds is 16. The zero-order valence-corrected chi connectivity index (χ0v) is 32.6. The summed E-state index contributed by atoms with van der Waals surface area (Å²) in [6.07, 6.45) is 6.37. The van der Waals surface area contributed by atoms with Crippen LogP contribution in [0.3, 0.4) is 0 Å². The van der Waals surface area contributed by atoms with Crippen LogP contribution in [-0.2, 0) is 56.4 Å². The molecular formula is C42H46N2O8S2. The van der Waals surface area contributed by atoms with Crippen LogP contribution in [-0.4, -0.2) is 62.2 Å². The van der Waals surface area contributed by atoms with Gasteiger partial charge in [-0.25, -0.2) is 13.2 Å². The van der Waals surface area contributed by atoms with Gasteiger partial charge in [-0.2, -0.15) is 4.31 Å². The topological polar surface area (TPSA) is 136 Å². The highest BCUT2D eigenvalue weighted by molar-refractivity contribution is 7.89. The van der Waals surface area contributed by atoms with Crippen LogP contribution in [0, 0.1) is 0 Å². The summed E-state index contributed by atoms with van der Waals surface area (Å²) in [5.74, 6) is -1.47. The minimum atomic E-state index is -4.13. The predicted octanol–water partition coefficient (Wildman–Crippen LogP) is 7.37. The molecule has 1 fully saturated rings. The smallest absolute Gasteiger partial charge is 0.337 e. The maximum Gasteiger partial charge on any atom is 0.337 e. The minimum absolute atomic E-state index is 0.0467. The molecule has 2 aliphatic carbocycles. The van der Waals surface area contributed by atoms with E-state index in [1.54, 1.807) is 31.2 Å². The average molecular weight is 771 g/mol. The van der Waals surface area contributed by atoms with Crippen LogP contribution in [0.4, 0.5) is 5.69 Å². The van der Waals surface area contributed by atoms with Gasteiger partial charge >= 0.3 is 11.9 Å². The van der Waals surface area contributed by atoms with Crippen LogP contribution in [0.1, 0.15) is 103 Å². The maximum absolute atomic E-state index is 14.0. The summed E-state index contributed by atoms with van der Waals surface area (Å²) in [6.45, 7) is 3.85. The molecule has 3 aromatic carbocycles. The molecule has 0 saturated heterocycles. The first-order valence-electron chi connectivity index (χ1n) is 18.5. The number of ether oxygens (including phenoxy) is 2. The van der Waals surface area contributed by atoms with Gasteiger partial charge in [0.1, 0.15) is 5.54 Å². The number of aryl methyl sites for hydroxylation is 3. The predicted molar refractivity (Wildman–Crippen MR) is 208 cm³/mol. The Morgan fingerprint density at radius 3 is 2.17 bits per heavy atom. The zero-order chi connectivity index (χ0) is 38.5. The van der Waals surface area contributed by atoms with E-state index in [4.69, 9.17) is 9.47 Å². The fourth-order valence-electron chi connectivity index (χ4n) is 7.08. The van der Waals surface area contributed by atoms with E-state index < -0.39 is 21.5 Å². The van der Waals surface area contributed by atoms with Crippen molar-refractivity contribution in [1.82, 2.24) is 4.31 Å². The van der Waals surface area contributed by atoms with Crippen molar-refractivity contribution in [3.8, 4) is 0 Å². The third kappa shape index (κ3) is 8.35. The van der Waals surface area contributed by atoms with Crippen LogP contribution in [0.15, 0.2) is 77.7 Å². The largest absolute Gasteiger partial charge is 0.465 e. The molecule has 54 heavy (non-hydrogen) atoms. The number of nitrogens with one attached hydrogen (secondary N) is 1. The van der Waals surface area contributed by atoms with Gasteiger partial charge in [0.15, 0.2) is 5.78 Å². The molecule has 0 spiro atoms. The van der Waals surface area contributed by atoms with Gasteiger partial charge in [-0.05, 0) is 118 Å².